The molecule has 5 heteroatoms. The Balaban J connectivity index is 1.73. The molecule has 1 aromatic heterocycles. The molecule has 2 N–H and O–H groups in total. The van der Waals surface area contributed by atoms with Crippen LogP contribution in [0.15, 0.2) is 42.9 Å². The Morgan fingerprint density at radius 3 is 2.62 bits per heavy atom. The number of aromatic nitrogens is 2. The molecule has 1 heterocycles. The molecule has 1 fully saturated rings. The van der Waals surface area contributed by atoms with Crippen LogP contribution in [0.25, 0.3) is 5.69 Å². The summed E-state index contributed by atoms with van der Waals surface area (Å²) in [5, 5.41) is 12.6. The molecule has 0 spiro atoms. The van der Waals surface area contributed by atoms with Crippen LogP contribution in [0.1, 0.15) is 36.2 Å². The summed E-state index contributed by atoms with van der Waals surface area (Å²) in [5.74, 6) is -0.113. The number of hydrogen-bond acceptors (Lipinski definition) is 3. The van der Waals surface area contributed by atoms with Crippen LogP contribution >= 0.6 is 0 Å². The van der Waals surface area contributed by atoms with Crippen molar-refractivity contribution >= 4 is 5.91 Å². The number of carbonyl (C=O) groups is 1. The van der Waals surface area contributed by atoms with Crippen molar-refractivity contribution in [2.75, 3.05) is 0 Å². The van der Waals surface area contributed by atoms with Crippen LogP contribution in [0.5, 0.6) is 0 Å². The lowest BCUT2D eigenvalue weighted by Gasteiger charge is -2.26. The fourth-order valence-corrected chi connectivity index (χ4v) is 2.74. The molecule has 1 amide bonds. The van der Waals surface area contributed by atoms with Gasteiger partial charge in [-0.05, 0) is 37.8 Å². The first-order valence-corrected chi connectivity index (χ1v) is 7.31. The predicted octanol–water partition coefficient (Wildman–Crippen LogP) is 1.91. The highest BCUT2D eigenvalue weighted by atomic mass is 16.3. The van der Waals surface area contributed by atoms with Gasteiger partial charge in [0.2, 0.25) is 0 Å². The van der Waals surface area contributed by atoms with Gasteiger partial charge in [0.05, 0.1) is 18.6 Å². The molecule has 1 aromatic carbocycles. The van der Waals surface area contributed by atoms with Crippen molar-refractivity contribution in [3.8, 4) is 5.69 Å². The average molecular weight is 285 g/mol. The number of para-hydroxylation sites is 1. The first kappa shape index (κ1) is 13.8. The van der Waals surface area contributed by atoms with E-state index in [4.69, 9.17) is 0 Å². The van der Waals surface area contributed by atoms with Crippen molar-refractivity contribution in [1.82, 2.24) is 14.9 Å². The summed E-state index contributed by atoms with van der Waals surface area (Å²) in [5.41, 5.74) is 1.45. The molecule has 0 atom stereocenters. The highest BCUT2D eigenvalue weighted by molar-refractivity contribution is 5.93. The van der Waals surface area contributed by atoms with E-state index in [1.165, 1.54) is 0 Å². The third-order valence-corrected chi connectivity index (χ3v) is 3.94. The van der Waals surface area contributed by atoms with E-state index in [0.717, 1.165) is 31.4 Å². The van der Waals surface area contributed by atoms with Crippen LogP contribution in [-0.4, -0.2) is 32.7 Å². The first-order chi connectivity index (χ1) is 10.2. The minimum absolute atomic E-state index is 0.113. The lowest BCUT2D eigenvalue weighted by Crippen LogP contribution is -2.39. The van der Waals surface area contributed by atoms with Gasteiger partial charge in [0.25, 0.3) is 5.91 Å². The van der Waals surface area contributed by atoms with Crippen molar-refractivity contribution in [2.45, 2.75) is 37.8 Å². The van der Waals surface area contributed by atoms with E-state index in [0.29, 0.717) is 5.69 Å². The van der Waals surface area contributed by atoms with Crippen molar-refractivity contribution < 1.29 is 9.90 Å². The molecule has 0 bridgehead atoms. The van der Waals surface area contributed by atoms with Crippen LogP contribution in [0, 0.1) is 0 Å². The summed E-state index contributed by atoms with van der Waals surface area (Å²) in [6, 6.07) is 9.82. The smallest absolute Gasteiger partial charge is 0.270 e. The fourth-order valence-electron chi connectivity index (χ4n) is 2.74. The number of rotatable bonds is 3. The van der Waals surface area contributed by atoms with Crippen molar-refractivity contribution in [1.29, 1.82) is 0 Å². The minimum atomic E-state index is -0.215. The van der Waals surface area contributed by atoms with Crippen LogP contribution in [0.3, 0.4) is 0 Å². The largest absolute Gasteiger partial charge is 0.393 e. The lowest BCUT2D eigenvalue weighted by molar-refractivity contribution is 0.0861. The van der Waals surface area contributed by atoms with Gasteiger partial charge in [0.15, 0.2) is 0 Å². The molecule has 3 rings (SSSR count). The molecule has 1 aliphatic carbocycles. The molecular formula is C16H19N3O2. The quantitative estimate of drug-likeness (QED) is 0.905. The lowest BCUT2D eigenvalue weighted by atomic mass is 9.93. The molecule has 2 aromatic rings. The Kier molecular flexibility index (Phi) is 4.01. The molecule has 0 unspecified atom stereocenters. The zero-order chi connectivity index (χ0) is 14.7. The fraction of sp³-hybridized carbons (Fsp3) is 0.375. The van der Waals surface area contributed by atoms with E-state index >= 15 is 0 Å². The average Bonchev–Trinajstić information content (AvgIpc) is 3.00. The topological polar surface area (TPSA) is 67.2 Å². The zero-order valence-electron chi connectivity index (χ0n) is 11.8. The van der Waals surface area contributed by atoms with Crippen molar-refractivity contribution in [2.24, 2.45) is 0 Å². The van der Waals surface area contributed by atoms with Crippen molar-refractivity contribution in [3.63, 3.8) is 0 Å². The van der Waals surface area contributed by atoms with E-state index in [1.807, 2.05) is 30.3 Å². The number of hydrogen-bond donors (Lipinski definition) is 2. The highest BCUT2D eigenvalue weighted by Crippen LogP contribution is 2.19. The van der Waals surface area contributed by atoms with Crippen molar-refractivity contribution in [3.05, 3.63) is 48.5 Å². The maximum Gasteiger partial charge on any atom is 0.270 e. The predicted molar refractivity (Wildman–Crippen MR) is 79.3 cm³/mol. The Morgan fingerprint density at radius 2 is 1.90 bits per heavy atom. The third-order valence-electron chi connectivity index (χ3n) is 3.94. The van der Waals surface area contributed by atoms with Gasteiger partial charge < -0.3 is 10.4 Å². The normalized spacial score (nSPS) is 22.0. The zero-order valence-corrected chi connectivity index (χ0v) is 11.8. The van der Waals surface area contributed by atoms with Gasteiger partial charge in [-0.3, -0.25) is 9.36 Å². The maximum atomic E-state index is 12.4. The number of carbonyl (C=O) groups excluding carboxylic acids is 1. The van der Waals surface area contributed by atoms with Crippen LogP contribution in [0.2, 0.25) is 0 Å². The minimum Gasteiger partial charge on any atom is -0.393 e. The number of benzene rings is 1. The van der Waals surface area contributed by atoms with Crippen LogP contribution < -0.4 is 5.32 Å². The van der Waals surface area contributed by atoms with Gasteiger partial charge in [0.1, 0.15) is 5.69 Å². The Labute approximate surface area is 123 Å². The Morgan fingerprint density at radius 1 is 1.19 bits per heavy atom. The summed E-state index contributed by atoms with van der Waals surface area (Å²) < 4.78 is 1.78. The summed E-state index contributed by atoms with van der Waals surface area (Å²) in [6.07, 6.45) is 6.17. The molecule has 110 valence electrons. The highest BCUT2D eigenvalue weighted by Gasteiger charge is 2.22. The molecule has 5 nitrogen and oxygen atoms in total. The Bertz CT molecular complexity index is 601. The molecule has 1 aliphatic rings. The third kappa shape index (κ3) is 3.13. The van der Waals surface area contributed by atoms with E-state index in [-0.39, 0.29) is 18.1 Å². The van der Waals surface area contributed by atoms with Gasteiger partial charge in [-0.1, -0.05) is 18.2 Å². The summed E-state index contributed by atoms with van der Waals surface area (Å²) in [7, 11) is 0. The summed E-state index contributed by atoms with van der Waals surface area (Å²) in [6.45, 7) is 0. The molecule has 0 saturated heterocycles. The van der Waals surface area contributed by atoms with E-state index in [1.54, 1.807) is 17.1 Å². The van der Waals surface area contributed by atoms with Gasteiger partial charge in [-0.25, -0.2) is 4.98 Å². The second-order valence-electron chi connectivity index (χ2n) is 5.46. The summed E-state index contributed by atoms with van der Waals surface area (Å²) >= 11 is 0. The molecule has 0 aliphatic heterocycles. The van der Waals surface area contributed by atoms with Gasteiger partial charge in [0, 0.05) is 11.7 Å². The van der Waals surface area contributed by atoms with Gasteiger partial charge in [-0.2, -0.15) is 0 Å². The molecule has 1 saturated carbocycles. The monoisotopic (exact) mass is 285 g/mol. The van der Waals surface area contributed by atoms with E-state index < -0.39 is 0 Å². The number of nitrogens with one attached hydrogen (secondary N) is 1. The number of imidazole rings is 1. The first-order valence-electron chi connectivity index (χ1n) is 7.31. The van der Waals surface area contributed by atoms with E-state index in [9.17, 15) is 9.90 Å². The maximum absolute atomic E-state index is 12.4. The van der Waals surface area contributed by atoms with Gasteiger partial charge >= 0.3 is 0 Å². The van der Waals surface area contributed by atoms with Gasteiger partial charge in [-0.15, -0.1) is 0 Å². The molecule has 0 radical (unpaired) electrons. The number of aliphatic hydroxyl groups excluding tert-OH is 1. The molecular weight excluding hydrogens is 266 g/mol. The van der Waals surface area contributed by atoms with E-state index in [2.05, 4.69) is 10.3 Å². The van der Waals surface area contributed by atoms with Crippen LogP contribution in [0.4, 0.5) is 0 Å². The second-order valence-corrected chi connectivity index (χ2v) is 5.46. The second kappa shape index (κ2) is 6.10. The molecule has 21 heavy (non-hydrogen) atoms. The number of amides is 1. The number of nitrogens with zero attached hydrogens (tertiary/aromatic N) is 2. The van der Waals surface area contributed by atoms with Crippen LogP contribution in [-0.2, 0) is 0 Å². The Hall–Kier alpha value is -2.14. The standard InChI is InChI=1S/C16H19N3O2/c20-14-8-6-12(7-9-14)18-16(21)15-10-17-11-19(15)13-4-2-1-3-5-13/h1-5,10-12,14,20H,6-9H2,(H,18,21). The summed E-state index contributed by atoms with van der Waals surface area (Å²) in [4.78, 5) is 16.5. The SMILES string of the molecule is O=C(NC1CCC(O)CC1)c1cncn1-c1ccccc1. The number of aliphatic hydroxyl groups is 1.